The van der Waals surface area contributed by atoms with Gasteiger partial charge in [-0.1, -0.05) is 26.7 Å². The van der Waals surface area contributed by atoms with Gasteiger partial charge >= 0.3 is 0 Å². The molecule has 2 aromatic rings. The van der Waals surface area contributed by atoms with E-state index in [1.165, 1.54) is 12.8 Å². The number of hydrogen-bond donors (Lipinski definition) is 0. The van der Waals surface area contributed by atoms with Gasteiger partial charge in [0.1, 0.15) is 11.3 Å². The third-order valence-corrected chi connectivity index (χ3v) is 3.95. The summed E-state index contributed by atoms with van der Waals surface area (Å²) in [5.74, 6) is 2.12. The van der Waals surface area contributed by atoms with Crippen LogP contribution in [0.1, 0.15) is 57.6 Å². The molecule has 0 aliphatic rings. The van der Waals surface area contributed by atoms with Crippen molar-refractivity contribution in [1.82, 2.24) is 14.5 Å². The van der Waals surface area contributed by atoms with E-state index in [0.717, 1.165) is 35.0 Å². The molecule has 0 aliphatic heterocycles. The fourth-order valence-electron chi connectivity index (χ4n) is 2.62. The van der Waals surface area contributed by atoms with Gasteiger partial charge in [-0.15, -0.1) is 11.6 Å². The largest absolute Gasteiger partial charge is 0.309 e. The first-order valence-corrected chi connectivity index (χ1v) is 7.96. The maximum absolute atomic E-state index is 6.06. The van der Waals surface area contributed by atoms with Crippen LogP contribution in [-0.2, 0) is 5.88 Å². The first-order chi connectivity index (χ1) is 9.52. The van der Waals surface area contributed by atoms with Gasteiger partial charge in [0.2, 0.25) is 0 Å². The van der Waals surface area contributed by atoms with Crippen LogP contribution in [0.5, 0.6) is 0 Å². The van der Waals surface area contributed by atoms with Crippen molar-refractivity contribution in [2.24, 2.45) is 5.92 Å². The summed E-state index contributed by atoms with van der Waals surface area (Å²) in [6.45, 7) is 8.79. The van der Waals surface area contributed by atoms with Crippen LogP contribution < -0.4 is 0 Å². The molecule has 0 fully saturated rings. The lowest BCUT2D eigenvalue weighted by Gasteiger charge is -2.17. The Labute approximate surface area is 126 Å². The summed E-state index contributed by atoms with van der Waals surface area (Å²) in [6.07, 6.45) is 3.63. The molecule has 0 bridgehead atoms. The minimum atomic E-state index is 0.391. The van der Waals surface area contributed by atoms with Crippen molar-refractivity contribution < 1.29 is 0 Å². The summed E-state index contributed by atoms with van der Waals surface area (Å²) >= 11 is 6.06. The number of nitrogens with zero attached hydrogens (tertiary/aromatic N) is 3. The topological polar surface area (TPSA) is 30.7 Å². The zero-order chi connectivity index (χ0) is 14.7. The highest BCUT2D eigenvalue weighted by molar-refractivity contribution is 6.16. The van der Waals surface area contributed by atoms with E-state index in [2.05, 4.69) is 35.3 Å². The highest BCUT2D eigenvalue weighted by atomic mass is 35.5. The molecular weight excluding hydrogens is 270 g/mol. The Hall–Kier alpha value is -1.09. The van der Waals surface area contributed by atoms with Gasteiger partial charge in [0, 0.05) is 11.7 Å². The molecule has 0 spiro atoms. The lowest BCUT2D eigenvalue weighted by atomic mass is 10.0. The van der Waals surface area contributed by atoms with Gasteiger partial charge in [-0.25, -0.2) is 9.97 Å². The highest BCUT2D eigenvalue weighted by Gasteiger charge is 2.16. The molecule has 4 heteroatoms. The van der Waals surface area contributed by atoms with Crippen molar-refractivity contribution in [3.8, 4) is 0 Å². The van der Waals surface area contributed by atoms with Gasteiger partial charge < -0.3 is 4.57 Å². The van der Waals surface area contributed by atoms with Crippen LogP contribution in [0.25, 0.3) is 11.2 Å². The number of imidazole rings is 1. The zero-order valence-electron chi connectivity index (χ0n) is 12.9. The van der Waals surface area contributed by atoms with E-state index in [9.17, 15) is 0 Å². The standard InChI is InChI=1S/C16H24ClN3/c1-11(2)6-5-7-13(4)20-15(10-17)19-14-9-8-12(3)18-16(14)20/h8-9,11,13H,5-7,10H2,1-4H3. The van der Waals surface area contributed by atoms with Gasteiger partial charge in [0.05, 0.1) is 5.88 Å². The van der Waals surface area contributed by atoms with Crippen LogP contribution in [0, 0.1) is 12.8 Å². The Kier molecular flexibility index (Phi) is 5.03. The lowest BCUT2D eigenvalue weighted by Crippen LogP contribution is -2.10. The summed E-state index contributed by atoms with van der Waals surface area (Å²) in [5.41, 5.74) is 2.94. The van der Waals surface area contributed by atoms with Gasteiger partial charge in [-0.05, 0) is 38.3 Å². The molecule has 0 amide bonds. The van der Waals surface area contributed by atoms with E-state index >= 15 is 0 Å². The van der Waals surface area contributed by atoms with Crippen LogP contribution in [0.4, 0.5) is 0 Å². The Balaban J connectivity index is 2.28. The molecule has 0 radical (unpaired) electrons. The van der Waals surface area contributed by atoms with Crippen LogP contribution in [0.15, 0.2) is 12.1 Å². The number of rotatable bonds is 6. The zero-order valence-corrected chi connectivity index (χ0v) is 13.6. The number of alkyl halides is 1. The quantitative estimate of drug-likeness (QED) is 0.712. The van der Waals surface area contributed by atoms with E-state index in [4.69, 9.17) is 11.6 Å². The maximum Gasteiger partial charge on any atom is 0.160 e. The molecule has 2 aromatic heterocycles. The molecule has 0 saturated carbocycles. The van der Waals surface area contributed by atoms with Crippen molar-refractivity contribution in [2.75, 3.05) is 0 Å². The Morgan fingerprint density at radius 2 is 1.90 bits per heavy atom. The second kappa shape index (κ2) is 6.57. The molecule has 3 nitrogen and oxygen atoms in total. The second-order valence-corrected chi connectivity index (χ2v) is 6.27. The minimum absolute atomic E-state index is 0.391. The van der Waals surface area contributed by atoms with Gasteiger partial charge in [0.15, 0.2) is 5.65 Å². The van der Waals surface area contributed by atoms with Gasteiger partial charge in [-0.2, -0.15) is 0 Å². The Morgan fingerprint density at radius 3 is 2.55 bits per heavy atom. The van der Waals surface area contributed by atoms with E-state index in [-0.39, 0.29) is 0 Å². The molecule has 0 aliphatic carbocycles. The van der Waals surface area contributed by atoms with E-state index < -0.39 is 0 Å². The number of halogens is 1. The third kappa shape index (κ3) is 3.32. The fraction of sp³-hybridized carbons (Fsp3) is 0.625. The first kappa shape index (κ1) is 15.3. The number of fused-ring (bicyclic) bond motifs is 1. The SMILES string of the molecule is Cc1ccc2nc(CCl)n(C(C)CCCC(C)C)c2n1. The Bertz CT molecular complexity index is 574. The van der Waals surface area contributed by atoms with Crippen LogP contribution in [0.3, 0.4) is 0 Å². The van der Waals surface area contributed by atoms with Crippen molar-refractivity contribution in [1.29, 1.82) is 0 Å². The van der Waals surface area contributed by atoms with Crippen molar-refractivity contribution in [2.45, 2.75) is 58.9 Å². The fourth-order valence-corrected chi connectivity index (χ4v) is 2.81. The first-order valence-electron chi connectivity index (χ1n) is 7.43. The summed E-state index contributed by atoms with van der Waals surface area (Å²) in [6, 6.07) is 4.42. The molecule has 1 unspecified atom stereocenters. The van der Waals surface area contributed by atoms with Crippen LogP contribution in [0.2, 0.25) is 0 Å². The predicted molar refractivity (Wildman–Crippen MR) is 85.2 cm³/mol. The molecular formula is C16H24ClN3. The predicted octanol–water partition coefficient (Wildman–Crippen LogP) is 4.87. The van der Waals surface area contributed by atoms with Gasteiger partial charge in [-0.3, -0.25) is 0 Å². The highest BCUT2D eigenvalue weighted by Crippen LogP contribution is 2.25. The molecule has 0 saturated heterocycles. The normalized spacial score (nSPS) is 13.3. The van der Waals surface area contributed by atoms with E-state index in [0.29, 0.717) is 11.9 Å². The summed E-state index contributed by atoms with van der Waals surface area (Å²) < 4.78 is 2.22. The lowest BCUT2D eigenvalue weighted by molar-refractivity contribution is 0.446. The van der Waals surface area contributed by atoms with E-state index in [1.807, 2.05) is 19.1 Å². The molecule has 20 heavy (non-hydrogen) atoms. The number of aryl methyl sites for hydroxylation is 1. The smallest absolute Gasteiger partial charge is 0.160 e. The van der Waals surface area contributed by atoms with Crippen LogP contribution >= 0.6 is 11.6 Å². The summed E-state index contributed by atoms with van der Waals surface area (Å²) in [4.78, 5) is 9.26. The third-order valence-electron chi connectivity index (χ3n) is 3.71. The van der Waals surface area contributed by atoms with Gasteiger partial charge in [0.25, 0.3) is 0 Å². The van der Waals surface area contributed by atoms with Crippen molar-refractivity contribution >= 4 is 22.8 Å². The molecule has 1 atom stereocenters. The van der Waals surface area contributed by atoms with Crippen molar-refractivity contribution in [3.05, 3.63) is 23.7 Å². The summed E-state index contributed by atoms with van der Waals surface area (Å²) in [7, 11) is 0. The average molecular weight is 294 g/mol. The Morgan fingerprint density at radius 1 is 1.15 bits per heavy atom. The van der Waals surface area contributed by atoms with E-state index in [1.54, 1.807) is 0 Å². The monoisotopic (exact) mass is 293 g/mol. The van der Waals surface area contributed by atoms with Crippen molar-refractivity contribution in [3.63, 3.8) is 0 Å². The number of aromatic nitrogens is 3. The number of hydrogen-bond acceptors (Lipinski definition) is 2. The molecule has 2 rings (SSSR count). The molecule has 0 aromatic carbocycles. The summed E-state index contributed by atoms with van der Waals surface area (Å²) in [5, 5.41) is 0. The van der Waals surface area contributed by atoms with Crippen LogP contribution in [-0.4, -0.2) is 14.5 Å². The molecule has 2 heterocycles. The molecule has 110 valence electrons. The minimum Gasteiger partial charge on any atom is -0.309 e. The molecule has 0 N–H and O–H groups in total. The number of pyridine rings is 1. The average Bonchev–Trinajstić information content (AvgIpc) is 2.75. The second-order valence-electron chi connectivity index (χ2n) is 6.00. The maximum atomic E-state index is 6.06.